The van der Waals surface area contributed by atoms with Gasteiger partial charge >= 0.3 is 6.18 Å². The molecule has 0 aromatic heterocycles. The van der Waals surface area contributed by atoms with E-state index < -0.39 is 27.7 Å². The first kappa shape index (κ1) is 24.9. The Morgan fingerprint density at radius 1 is 0.853 bits per heavy atom. The summed E-state index contributed by atoms with van der Waals surface area (Å²) in [6.07, 6.45) is -4.52. The van der Waals surface area contributed by atoms with Gasteiger partial charge in [-0.1, -0.05) is 18.2 Å². The Hall–Kier alpha value is -3.70. The summed E-state index contributed by atoms with van der Waals surface area (Å²) in [5.74, 6) is -0.883. The van der Waals surface area contributed by atoms with Crippen molar-refractivity contribution in [1.82, 2.24) is 4.72 Å². The van der Waals surface area contributed by atoms with Gasteiger partial charge < -0.3 is 10.6 Å². The van der Waals surface area contributed by atoms with Crippen LogP contribution in [0.25, 0.3) is 0 Å². The SMILES string of the molecule is CC(=O)Nc1ccc(S(=O)(=O)NCc2ccc(C(=O)Nc3cccc(C(F)(F)F)c3)cc2)cc1. The smallest absolute Gasteiger partial charge is 0.326 e. The Labute approximate surface area is 194 Å². The van der Waals surface area contributed by atoms with Gasteiger partial charge in [0.05, 0.1) is 10.5 Å². The number of nitrogens with one attached hydrogen (secondary N) is 3. The monoisotopic (exact) mass is 491 g/mol. The van der Waals surface area contributed by atoms with E-state index >= 15 is 0 Å². The minimum Gasteiger partial charge on any atom is -0.326 e. The van der Waals surface area contributed by atoms with Crippen molar-refractivity contribution in [2.75, 3.05) is 10.6 Å². The fourth-order valence-corrected chi connectivity index (χ4v) is 3.95. The third-order valence-electron chi connectivity index (χ3n) is 4.62. The van der Waals surface area contributed by atoms with Crippen LogP contribution < -0.4 is 15.4 Å². The number of hydrogen-bond donors (Lipinski definition) is 3. The van der Waals surface area contributed by atoms with Crippen LogP contribution in [0.2, 0.25) is 0 Å². The van der Waals surface area contributed by atoms with Crippen molar-refractivity contribution in [2.24, 2.45) is 0 Å². The van der Waals surface area contributed by atoms with E-state index in [1.807, 2.05) is 0 Å². The fraction of sp³-hybridized carbons (Fsp3) is 0.130. The van der Waals surface area contributed by atoms with Crippen molar-refractivity contribution in [3.05, 3.63) is 89.5 Å². The largest absolute Gasteiger partial charge is 0.416 e. The van der Waals surface area contributed by atoms with Crippen LogP contribution >= 0.6 is 0 Å². The Bertz CT molecular complexity index is 1290. The Kier molecular flexibility index (Phi) is 7.38. The summed E-state index contributed by atoms with van der Waals surface area (Å²) >= 11 is 0. The molecule has 11 heteroatoms. The van der Waals surface area contributed by atoms with Gasteiger partial charge in [0.25, 0.3) is 5.91 Å². The summed E-state index contributed by atoms with van der Waals surface area (Å²) in [5, 5.41) is 4.95. The van der Waals surface area contributed by atoms with Gasteiger partial charge in [-0.15, -0.1) is 0 Å². The van der Waals surface area contributed by atoms with Gasteiger partial charge in [0.1, 0.15) is 0 Å². The molecule has 0 saturated carbocycles. The summed E-state index contributed by atoms with van der Waals surface area (Å²) in [7, 11) is -3.82. The first-order valence-electron chi connectivity index (χ1n) is 9.89. The van der Waals surface area contributed by atoms with Crippen LogP contribution in [-0.4, -0.2) is 20.2 Å². The highest BCUT2D eigenvalue weighted by atomic mass is 32.2. The van der Waals surface area contributed by atoms with Gasteiger partial charge in [-0.25, -0.2) is 13.1 Å². The number of sulfonamides is 1. The third-order valence-corrected chi connectivity index (χ3v) is 6.03. The second-order valence-corrected chi connectivity index (χ2v) is 9.03. The van der Waals surface area contributed by atoms with Crippen LogP contribution in [0.15, 0.2) is 77.7 Å². The van der Waals surface area contributed by atoms with E-state index in [9.17, 15) is 31.2 Å². The van der Waals surface area contributed by atoms with E-state index in [4.69, 9.17) is 0 Å². The molecule has 3 aromatic carbocycles. The van der Waals surface area contributed by atoms with Crippen LogP contribution in [0, 0.1) is 0 Å². The first-order chi connectivity index (χ1) is 15.9. The molecular formula is C23H20F3N3O4S. The fourth-order valence-electron chi connectivity index (χ4n) is 2.93. The Balaban J connectivity index is 1.61. The molecule has 3 N–H and O–H groups in total. The van der Waals surface area contributed by atoms with Crippen molar-refractivity contribution in [3.8, 4) is 0 Å². The molecule has 0 fully saturated rings. The molecule has 0 bridgehead atoms. The predicted molar refractivity (Wildman–Crippen MR) is 121 cm³/mol. The minimum atomic E-state index is -4.52. The number of halogens is 3. The molecule has 0 spiro atoms. The molecular weight excluding hydrogens is 471 g/mol. The second-order valence-electron chi connectivity index (χ2n) is 7.26. The van der Waals surface area contributed by atoms with Crippen LogP contribution in [0.4, 0.5) is 24.5 Å². The van der Waals surface area contributed by atoms with E-state index in [-0.39, 0.29) is 28.6 Å². The number of hydrogen-bond acceptors (Lipinski definition) is 4. The molecule has 0 aliphatic heterocycles. The summed E-state index contributed by atoms with van der Waals surface area (Å²) < 4.78 is 65.9. The van der Waals surface area contributed by atoms with E-state index in [2.05, 4.69) is 15.4 Å². The van der Waals surface area contributed by atoms with E-state index in [0.717, 1.165) is 12.1 Å². The zero-order chi connectivity index (χ0) is 24.9. The van der Waals surface area contributed by atoms with Crippen molar-refractivity contribution in [3.63, 3.8) is 0 Å². The lowest BCUT2D eigenvalue weighted by atomic mass is 10.1. The third kappa shape index (κ3) is 6.65. The summed E-state index contributed by atoms with van der Waals surface area (Å²) in [6.45, 7) is 1.29. The lowest BCUT2D eigenvalue weighted by Crippen LogP contribution is -2.23. The molecule has 0 saturated heterocycles. The number of anilines is 2. The maximum absolute atomic E-state index is 12.8. The van der Waals surface area contributed by atoms with Crippen molar-refractivity contribution in [1.29, 1.82) is 0 Å². The molecule has 3 aromatic rings. The molecule has 0 radical (unpaired) electrons. The number of benzene rings is 3. The molecule has 3 rings (SSSR count). The van der Waals surface area contributed by atoms with E-state index in [1.165, 1.54) is 67.6 Å². The average molecular weight is 491 g/mol. The van der Waals surface area contributed by atoms with Crippen LogP contribution in [-0.2, 0) is 27.5 Å². The second kappa shape index (κ2) is 10.1. The molecule has 0 heterocycles. The molecule has 34 heavy (non-hydrogen) atoms. The van der Waals surface area contributed by atoms with Crippen LogP contribution in [0.5, 0.6) is 0 Å². The number of alkyl halides is 3. The molecule has 178 valence electrons. The number of carbonyl (C=O) groups excluding carboxylic acids is 2. The highest BCUT2D eigenvalue weighted by Gasteiger charge is 2.30. The zero-order valence-electron chi connectivity index (χ0n) is 17.8. The van der Waals surface area contributed by atoms with Gasteiger partial charge in [0.15, 0.2) is 0 Å². The average Bonchev–Trinajstić information content (AvgIpc) is 2.78. The normalized spacial score (nSPS) is 11.6. The number of amides is 2. The Morgan fingerprint density at radius 2 is 1.50 bits per heavy atom. The lowest BCUT2D eigenvalue weighted by molar-refractivity contribution is -0.137. The van der Waals surface area contributed by atoms with Crippen molar-refractivity contribution < 1.29 is 31.2 Å². The lowest BCUT2D eigenvalue weighted by Gasteiger charge is -2.11. The molecule has 7 nitrogen and oxygen atoms in total. The minimum absolute atomic E-state index is 0.00110. The van der Waals surface area contributed by atoms with E-state index in [1.54, 1.807) is 0 Å². The van der Waals surface area contributed by atoms with Gasteiger partial charge in [-0.3, -0.25) is 9.59 Å². The van der Waals surface area contributed by atoms with Crippen molar-refractivity contribution in [2.45, 2.75) is 24.5 Å². The molecule has 0 atom stereocenters. The quantitative estimate of drug-likeness (QED) is 0.456. The number of carbonyl (C=O) groups is 2. The van der Waals surface area contributed by atoms with Gasteiger partial charge in [0.2, 0.25) is 15.9 Å². The summed E-state index contributed by atoms with van der Waals surface area (Å²) in [4.78, 5) is 23.4. The standard InChI is InChI=1S/C23H20F3N3O4S/c1-15(30)28-19-9-11-21(12-10-19)34(32,33)27-14-16-5-7-17(8-6-16)22(31)29-20-4-2-3-18(13-20)23(24,25)26/h2-13,27H,14H2,1H3,(H,28,30)(H,29,31). The predicted octanol–water partition coefficient (Wildman–Crippen LogP) is 4.39. The van der Waals surface area contributed by atoms with Crippen LogP contribution in [0.3, 0.4) is 0 Å². The van der Waals surface area contributed by atoms with Gasteiger partial charge in [0, 0.05) is 30.4 Å². The van der Waals surface area contributed by atoms with Crippen LogP contribution in [0.1, 0.15) is 28.4 Å². The topological polar surface area (TPSA) is 104 Å². The van der Waals surface area contributed by atoms with E-state index in [0.29, 0.717) is 11.3 Å². The Morgan fingerprint density at radius 3 is 2.09 bits per heavy atom. The summed E-state index contributed by atoms with van der Waals surface area (Å²) in [6, 6.07) is 15.9. The molecule has 0 unspecified atom stereocenters. The zero-order valence-corrected chi connectivity index (χ0v) is 18.6. The first-order valence-corrected chi connectivity index (χ1v) is 11.4. The van der Waals surface area contributed by atoms with Gasteiger partial charge in [-0.05, 0) is 60.2 Å². The molecule has 2 amide bonds. The number of rotatable bonds is 7. The highest BCUT2D eigenvalue weighted by molar-refractivity contribution is 7.89. The molecule has 0 aliphatic rings. The van der Waals surface area contributed by atoms with Crippen molar-refractivity contribution >= 4 is 33.2 Å². The molecule has 0 aliphatic carbocycles. The maximum Gasteiger partial charge on any atom is 0.416 e. The van der Waals surface area contributed by atoms with Gasteiger partial charge in [-0.2, -0.15) is 13.2 Å². The summed E-state index contributed by atoms with van der Waals surface area (Å²) in [5.41, 5.74) is 0.343. The maximum atomic E-state index is 12.8. The highest BCUT2D eigenvalue weighted by Crippen LogP contribution is 2.30.